The standard InChI is InChI=1S/C19H23ClN4O2S/c1-9-10(2)27-19-16(9)17(12-4-6-13(20)7-5-12)23-14(8-15(25)26)18(22)24(19)11(3)21/h4-7,9-10,14,18,21H,8,22H2,1-3H3,(H,25,26)/t9?,10?,14-,18?/m0/s1. The van der Waals surface area contributed by atoms with E-state index < -0.39 is 18.2 Å². The molecule has 0 saturated heterocycles. The first-order chi connectivity index (χ1) is 12.7. The predicted octanol–water partition coefficient (Wildman–Crippen LogP) is 3.55. The molecule has 4 N–H and O–H groups in total. The molecule has 8 heteroatoms. The molecule has 6 nitrogen and oxygen atoms in total. The van der Waals surface area contributed by atoms with Crippen LogP contribution < -0.4 is 5.73 Å². The molecule has 0 radical (unpaired) electrons. The van der Waals surface area contributed by atoms with Crippen molar-refractivity contribution in [2.45, 2.75) is 44.6 Å². The highest BCUT2D eigenvalue weighted by molar-refractivity contribution is 8.03. The third-order valence-corrected chi connectivity index (χ3v) is 6.68. The second kappa shape index (κ2) is 7.66. The number of carbonyl (C=O) groups is 1. The molecule has 4 atom stereocenters. The Balaban J connectivity index is 2.22. The molecule has 0 fully saturated rings. The van der Waals surface area contributed by atoms with Gasteiger partial charge in [0.2, 0.25) is 0 Å². The molecule has 0 aliphatic carbocycles. The van der Waals surface area contributed by atoms with Gasteiger partial charge in [-0.25, -0.2) is 0 Å². The van der Waals surface area contributed by atoms with Crippen LogP contribution in [-0.4, -0.2) is 45.0 Å². The van der Waals surface area contributed by atoms with E-state index in [1.807, 2.05) is 12.1 Å². The predicted molar refractivity (Wildman–Crippen MR) is 110 cm³/mol. The lowest BCUT2D eigenvalue weighted by atomic mass is 9.91. The number of nitrogens with one attached hydrogen (secondary N) is 1. The Morgan fingerprint density at radius 3 is 2.56 bits per heavy atom. The number of aliphatic carboxylic acids is 1. The van der Waals surface area contributed by atoms with Crippen molar-refractivity contribution in [1.82, 2.24) is 4.90 Å². The van der Waals surface area contributed by atoms with Crippen molar-refractivity contribution >= 4 is 40.9 Å². The van der Waals surface area contributed by atoms with Crippen molar-refractivity contribution in [3.05, 3.63) is 45.5 Å². The second-order valence-electron chi connectivity index (χ2n) is 6.93. The maximum absolute atomic E-state index is 11.4. The largest absolute Gasteiger partial charge is 0.481 e. The van der Waals surface area contributed by atoms with Crippen LogP contribution in [0, 0.1) is 11.3 Å². The Kier molecular flexibility index (Phi) is 5.65. The molecular formula is C19H23ClN4O2S. The van der Waals surface area contributed by atoms with Crippen molar-refractivity contribution < 1.29 is 9.90 Å². The lowest BCUT2D eigenvalue weighted by Gasteiger charge is -2.32. The van der Waals surface area contributed by atoms with Crippen molar-refractivity contribution in [2.24, 2.45) is 16.6 Å². The van der Waals surface area contributed by atoms with Gasteiger partial charge in [0.05, 0.1) is 29.0 Å². The van der Waals surface area contributed by atoms with E-state index in [0.717, 1.165) is 21.9 Å². The molecule has 0 spiro atoms. The molecule has 2 aliphatic heterocycles. The quantitative estimate of drug-likeness (QED) is 0.526. The van der Waals surface area contributed by atoms with E-state index in [-0.39, 0.29) is 18.2 Å². The fraction of sp³-hybridized carbons (Fsp3) is 0.421. The minimum atomic E-state index is -0.964. The summed E-state index contributed by atoms with van der Waals surface area (Å²) in [6.45, 7) is 5.94. The van der Waals surface area contributed by atoms with Crippen LogP contribution >= 0.6 is 23.4 Å². The van der Waals surface area contributed by atoms with E-state index in [9.17, 15) is 9.90 Å². The third-order valence-electron chi connectivity index (χ3n) is 5.01. The average molecular weight is 407 g/mol. The minimum absolute atomic E-state index is 0.192. The van der Waals surface area contributed by atoms with Gasteiger partial charge < -0.3 is 15.7 Å². The number of halogens is 1. The summed E-state index contributed by atoms with van der Waals surface area (Å²) in [6.07, 6.45) is -0.907. The van der Waals surface area contributed by atoms with Gasteiger partial charge in [0.1, 0.15) is 6.17 Å². The zero-order valence-electron chi connectivity index (χ0n) is 15.4. The van der Waals surface area contributed by atoms with Gasteiger partial charge in [-0.05, 0) is 25.0 Å². The highest BCUT2D eigenvalue weighted by atomic mass is 35.5. The summed E-state index contributed by atoms with van der Waals surface area (Å²) >= 11 is 7.71. The zero-order valence-corrected chi connectivity index (χ0v) is 17.0. The lowest BCUT2D eigenvalue weighted by molar-refractivity contribution is -0.137. The van der Waals surface area contributed by atoms with Gasteiger partial charge >= 0.3 is 5.97 Å². The summed E-state index contributed by atoms with van der Waals surface area (Å²) < 4.78 is 0. The van der Waals surface area contributed by atoms with Crippen LogP contribution in [0.25, 0.3) is 0 Å². The highest BCUT2D eigenvalue weighted by Crippen LogP contribution is 2.47. The fourth-order valence-electron chi connectivity index (χ4n) is 3.45. The van der Waals surface area contributed by atoms with Gasteiger partial charge in [0.25, 0.3) is 0 Å². The van der Waals surface area contributed by atoms with Crippen LogP contribution in [0.3, 0.4) is 0 Å². The van der Waals surface area contributed by atoms with Gasteiger partial charge in [0.15, 0.2) is 0 Å². The van der Waals surface area contributed by atoms with Crippen LogP contribution in [0.5, 0.6) is 0 Å². The number of hydrogen-bond donors (Lipinski definition) is 3. The molecule has 3 unspecified atom stereocenters. The van der Waals surface area contributed by atoms with Gasteiger partial charge in [-0.3, -0.25) is 15.2 Å². The van der Waals surface area contributed by atoms with Crippen LogP contribution in [-0.2, 0) is 4.79 Å². The molecule has 0 aromatic heterocycles. The van der Waals surface area contributed by atoms with E-state index in [1.54, 1.807) is 35.7 Å². The van der Waals surface area contributed by atoms with E-state index in [4.69, 9.17) is 27.7 Å². The number of rotatable bonds is 3. The van der Waals surface area contributed by atoms with E-state index in [2.05, 4.69) is 13.8 Å². The number of allylic oxidation sites excluding steroid dienone is 1. The second-order valence-corrected chi connectivity index (χ2v) is 8.73. The summed E-state index contributed by atoms with van der Waals surface area (Å²) in [7, 11) is 0. The number of aliphatic imine (C=N–C) groups is 1. The molecule has 3 rings (SSSR count). The highest BCUT2D eigenvalue weighted by Gasteiger charge is 2.42. The van der Waals surface area contributed by atoms with Gasteiger partial charge in [0, 0.05) is 21.4 Å². The molecule has 27 heavy (non-hydrogen) atoms. The number of hydrogen-bond acceptors (Lipinski definition) is 5. The Hall–Kier alpha value is -1.83. The van der Waals surface area contributed by atoms with Crippen molar-refractivity contribution in [2.75, 3.05) is 0 Å². The Bertz CT molecular complexity index is 837. The Morgan fingerprint density at radius 1 is 1.37 bits per heavy atom. The zero-order chi connectivity index (χ0) is 19.9. The number of carboxylic acids is 1. The fourth-order valence-corrected chi connectivity index (χ4v) is 5.05. The average Bonchev–Trinajstić information content (AvgIpc) is 2.80. The number of nitrogens with zero attached hydrogens (tertiary/aromatic N) is 2. The van der Waals surface area contributed by atoms with Crippen LogP contribution in [0.2, 0.25) is 5.02 Å². The van der Waals surface area contributed by atoms with Crippen molar-refractivity contribution in [3.8, 4) is 0 Å². The van der Waals surface area contributed by atoms with Gasteiger partial charge in [-0.1, -0.05) is 37.6 Å². The number of benzene rings is 1. The Morgan fingerprint density at radius 2 is 2.00 bits per heavy atom. The first-order valence-electron chi connectivity index (χ1n) is 8.77. The maximum Gasteiger partial charge on any atom is 0.305 e. The summed E-state index contributed by atoms with van der Waals surface area (Å²) in [6, 6.07) is 6.71. The molecule has 1 aromatic rings. The van der Waals surface area contributed by atoms with Gasteiger partial charge in [-0.2, -0.15) is 0 Å². The molecule has 0 bridgehead atoms. The molecule has 1 aromatic carbocycles. The normalized spacial score (nSPS) is 27.9. The monoisotopic (exact) mass is 406 g/mol. The van der Waals surface area contributed by atoms with Gasteiger partial charge in [-0.15, -0.1) is 11.8 Å². The van der Waals surface area contributed by atoms with E-state index in [0.29, 0.717) is 10.3 Å². The van der Waals surface area contributed by atoms with Crippen molar-refractivity contribution in [3.63, 3.8) is 0 Å². The molecule has 144 valence electrons. The summed E-state index contributed by atoms with van der Waals surface area (Å²) in [5, 5.41) is 19.4. The molecule has 2 heterocycles. The number of thioether (sulfide) groups is 1. The van der Waals surface area contributed by atoms with Crippen LogP contribution in [0.15, 0.2) is 39.9 Å². The summed E-state index contributed by atoms with van der Waals surface area (Å²) in [4.78, 5) is 18.0. The van der Waals surface area contributed by atoms with Crippen LogP contribution in [0.4, 0.5) is 0 Å². The SMILES string of the molecule is CC(=N)N1C2=C(C(c3ccc(Cl)cc3)=N[C@@H](CC(=O)O)C1N)C(C)C(C)S2. The summed E-state index contributed by atoms with van der Waals surface area (Å²) in [5.74, 6) is -0.489. The molecular weight excluding hydrogens is 384 g/mol. The molecule has 0 saturated carbocycles. The number of nitrogens with two attached hydrogens (primary N) is 1. The minimum Gasteiger partial charge on any atom is -0.481 e. The third kappa shape index (κ3) is 3.77. The molecule has 2 aliphatic rings. The smallest absolute Gasteiger partial charge is 0.305 e. The maximum atomic E-state index is 11.4. The van der Waals surface area contributed by atoms with Crippen LogP contribution in [0.1, 0.15) is 32.8 Å². The van der Waals surface area contributed by atoms with E-state index >= 15 is 0 Å². The summed E-state index contributed by atoms with van der Waals surface area (Å²) in [5.41, 5.74) is 9.07. The topological polar surface area (TPSA) is 103 Å². The van der Waals surface area contributed by atoms with E-state index in [1.165, 1.54) is 0 Å². The Labute approximate surface area is 168 Å². The number of carboxylic acid groups (broad SMARTS) is 1. The first kappa shape index (κ1) is 19.9. The van der Waals surface area contributed by atoms with Crippen molar-refractivity contribution in [1.29, 1.82) is 5.41 Å². The lowest BCUT2D eigenvalue weighted by Crippen LogP contribution is -2.50. The number of amidine groups is 1. The first-order valence-corrected chi connectivity index (χ1v) is 10.0. The molecule has 0 amide bonds.